The number of carbonyl (C=O) groups is 1. The van der Waals surface area contributed by atoms with Gasteiger partial charge in [0.15, 0.2) is 0 Å². The van der Waals surface area contributed by atoms with Gasteiger partial charge in [0.25, 0.3) is 5.91 Å². The number of aromatic nitrogens is 3. The average Bonchev–Trinajstić information content (AvgIpc) is 3.31. The molecular weight excluding hydrogens is 344 g/mol. The number of rotatable bonds is 4. The molecule has 0 radical (unpaired) electrons. The number of likely N-dealkylation sites (tertiary alicyclic amines) is 1. The molecule has 0 unspecified atom stereocenters. The van der Waals surface area contributed by atoms with Crippen molar-refractivity contribution in [3.63, 3.8) is 0 Å². The molecule has 140 valence electrons. The van der Waals surface area contributed by atoms with Gasteiger partial charge in [0, 0.05) is 44.4 Å². The van der Waals surface area contributed by atoms with E-state index in [1.807, 2.05) is 36.4 Å². The highest BCUT2D eigenvalue weighted by Gasteiger charge is 2.36. The van der Waals surface area contributed by atoms with E-state index in [4.69, 9.17) is 4.52 Å². The van der Waals surface area contributed by atoms with Crippen molar-refractivity contribution in [2.45, 2.75) is 24.9 Å². The van der Waals surface area contributed by atoms with Crippen LogP contribution in [0.4, 0.5) is 0 Å². The van der Waals surface area contributed by atoms with Crippen molar-refractivity contribution in [2.75, 3.05) is 13.1 Å². The molecule has 1 amide bonds. The van der Waals surface area contributed by atoms with E-state index in [1.54, 1.807) is 28.9 Å². The topological polar surface area (TPSA) is 84.4 Å². The molecule has 4 rings (SSSR count). The predicted molar refractivity (Wildman–Crippen MR) is 98.9 cm³/mol. The fourth-order valence-electron chi connectivity index (χ4n) is 3.51. The van der Waals surface area contributed by atoms with E-state index < -0.39 is 5.60 Å². The average molecular weight is 366 g/mol. The van der Waals surface area contributed by atoms with E-state index in [9.17, 15) is 9.90 Å². The van der Waals surface area contributed by atoms with Gasteiger partial charge < -0.3 is 14.5 Å². The molecular formula is C20H22N4O3. The van der Waals surface area contributed by atoms with Gasteiger partial charge in [-0.1, -0.05) is 35.5 Å². The largest absolute Gasteiger partial charge is 0.389 e. The lowest BCUT2D eigenvalue weighted by Crippen LogP contribution is -2.48. The zero-order valence-electron chi connectivity index (χ0n) is 15.2. The molecule has 3 aromatic rings. The van der Waals surface area contributed by atoms with Gasteiger partial charge in [-0.25, -0.2) is 0 Å². The summed E-state index contributed by atoms with van der Waals surface area (Å²) in [7, 11) is 1.75. The van der Waals surface area contributed by atoms with Gasteiger partial charge in [0.05, 0.1) is 5.60 Å². The SMILES string of the molecule is Cn1nccc1C(=O)N1CCC(O)(Cc2cc(-c3ccccc3)no2)CC1. The van der Waals surface area contributed by atoms with Gasteiger partial charge in [-0.05, 0) is 18.9 Å². The van der Waals surface area contributed by atoms with Gasteiger partial charge in [-0.15, -0.1) is 0 Å². The van der Waals surface area contributed by atoms with Crippen LogP contribution in [0.2, 0.25) is 0 Å². The number of hydrogen-bond donors (Lipinski definition) is 1. The summed E-state index contributed by atoms with van der Waals surface area (Å²) in [6.45, 7) is 1.00. The van der Waals surface area contributed by atoms with Crippen molar-refractivity contribution in [2.24, 2.45) is 7.05 Å². The van der Waals surface area contributed by atoms with Crippen molar-refractivity contribution in [1.82, 2.24) is 19.8 Å². The summed E-state index contributed by atoms with van der Waals surface area (Å²) < 4.78 is 7.01. The van der Waals surface area contributed by atoms with Crippen LogP contribution < -0.4 is 0 Å². The van der Waals surface area contributed by atoms with Gasteiger partial charge >= 0.3 is 0 Å². The van der Waals surface area contributed by atoms with Crippen molar-refractivity contribution < 1.29 is 14.4 Å². The highest BCUT2D eigenvalue weighted by molar-refractivity contribution is 5.92. The normalized spacial score (nSPS) is 16.4. The third kappa shape index (κ3) is 3.64. The molecule has 1 aliphatic rings. The Bertz CT molecular complexity index is 924. The summed E-state index contributed by atoms with van der Waals surface area (Å²) in [5.41, 5.74) is 1.41. The molecule has 7 heteroatoms. The second kappa shape index (κ2) is 7.00. The van der Waals surface area contributed by atoms with E-state index in [-0.39, 0.29) is 5.91 Å². The Balaban J connectivity index is 1.39. The number of amides is 1. The van der Waals surface area contributed by atoms with Crippen LogP contribution in [0.3, 0.4) is 0 Å². The first-order chi connectivity index (χ1) is 13.0. The first-order valence-corrected chi connectivity index (χ1v) is 9.05. The third-order valence-corrected chi connectivity index (χ3v) is 5.15. The fourth-order valence-corrected chi connectivity index (χ4v) is 3.51. The fraction of sp³-hybridized carbons (Fsp3) is 0.350. The molecule has 1 aliphatic heterocycles. The summed E-state index contributed by atoms with van der Waals surface area (Å²) >= 11 is 0. The number of aryl methyl sites for hydroxylation is 1. The van der Waals surface area contributed by atoms with Crippen LogP contribution in [0, 0.1) is 0 Å². The minimum Gasteiger partial charge on any atom is -0.389 e. The van der Waals surface area contributed by atoms with E-state index >= 15 is 0 Å². The summed E-state index contributed by atoms with van der Waals surface area (Å²) in [5, 5.41) is 19.1. The van der Waals surface area contributed by atoms with E-state index in [0.29, 0.717) is 43.8 Å². The molecule has 0 saturated carbocycles. The van der Waals surface area contributed by atoms with Crippen LogP contribution in [-0.4, -0.2) is 49.5 Å². The first-order valence-electron chi connectivity index (χ1n) is 9.05. The number of hydrogen-bond acceptors (Lipinski definition) is 5. The molecule has 1 aromatic carbocycles. The number of piperidine rings is 1. The molecule has 1 N–H and O–H groups in total. The molecule has 7 nitrogen and oxygen atoms in total. The van der Waals surface area contributed by atoms with Crippen LogP contribution in [0.25, 0.3) is 11.3 Å². The number of nitrogens with zero attached hydrogens (tertiary/aromatic N) is 4. The van der Waals surface area contributed by atoms with Crippen LogP contribution in [-0.2, 0) is 13.5 Å². The summed E-state index contributed by atoms with van der Waals surface area (Å²) in [4.78, 5) is 14.3. The second-order valence-corrected chi connectivity index (χ2v) is 7.08. The summed E-state index contributed by atoms with van der Waals surface area (Å²) in [5.74, 6) is 0.603. The maximum Gasteiger partial charge on any atom is 0.272 e. The van der Waals surface area contributed by atoms with Crippen LogP contribution in [0.15, 0.2) is 53.2 Å². The highest BCUT2D eigenvalue weighted by atomic mass is 16.5. The Morgan fingerprint density at radius 2 is 1.96 bits per heavy atom. The molecule has 3 heterocycles. The lowest BCUT2D eigenvalue weighted by Gasteiger charge is -2.37. The van der Waals surface area contributed by atoms with Gasteiger partial charge in [0.2, 0.25) is 0 Å². The third-order valence-electron chi connectivity index (χ3n) is 5.15. The minimum absolute atomic E-state index is 0.0527. The lowest BCUT2D eigenvalue weighted by molar-refractivity contribution is -0.0204. The van der Waals surface area contributed by atoms with Gasteiger partial charge in [-0.2, -0.15) is 5.10 Å². The maximum atomic E-state index is 12.6. The van der Waals surface area contributed by atoms with Crippen LogP contribution >= 0.6 is 0 Å². The minimum atomic E-state index is -0.892. The molecule has 27 heavy (non-hydrogen) atoms. The van der Waals surface area contributed by atoms with Crippen molar-refractivity contribution in [3.05, 3.63) is 60.1 Å². The Hall–Kier alpha value is -2.93. The van der Waals surface area contributed by atoms with Crippen molar-refractivity contribution in [3.8, 4) is 11.3 Å². The first kappa shape index (κ1) is 17.5. The van der Waals surface area contributed by atoms with Crippen molar-refractivity contribution in [1.29, 1.82) is 0 Å². The smallest absolute Gasteiger partial charge is 0.272 e. The monoisotopic (exact) mass is 366 g/mol. The zero-order chi connectivity index (χ0) is 18.9. The van der Waals surface area contributed by atoms with Crippen molar-refractivity contribution >= 4 is 5.91 Å². The number of carbonyl (C=O) groups excluding carboxylic acids is 1. The van der Waals surface area contributed by atoms with Crippen LogP contribution in [0.5, 0.6) is 0 Å². The Labute approximate surface area is 157 Å². The molecule has 0 spiro atoms. The number of benzene rings is 1. The molecule has 1 saturated heterocycles. The highest BCUT2D eigenvalue weighted by Crippen LogP contribution is 2.29. The second-order valence-electron chi connectivity index (χ2n) is 7.08. The van der Waals surface area contributed by atoms with E-state index in [1.165, 1.54) is 0 Å². The molecule has 2 aromatic heterocycles. The zero-order valence-corrected chi connectivity index (χ0v) is 15.2. The predicted octanol–water partition coefficient (Wildman–Crippen LogP) is 2.28. The quantitative estimate of drug-likeness (QED) is 0.766. The summed E-state index contributed by atoms with van der Waals surface area (Å²) in [6, 6.07) is 13.4. The Morgan fingerprint density at radius 1 is 1.22 bits per heavy atom. The summed E-state index contributed by atoms with van der Waals surface area (Å²) in [6.07, 6.45) is 3.00. The van der Waals surface area contributed by atoms with Gasteiger partial charge in [0.1, 0.15) is 17.1 Å². The number of aliphatic hydroxyl groups is 1. The maximum absolute atomic E-state index is 12.6. The molecule has 0 atom stereocenters. The Kier molecular flexibility index (Phi) is 4.53. The standard InChI is InChI=1S/C20H22N4O3/c1-23-18(7-10-21-23)19(25)24-11-8-20(26,9-12-24)14-16-13-17(22-27-16)15-5-3-2-4-6-15/h2-7,10,13,26H,8-9,11-12,14H2,1H3. The lowest BCUT2D eigenvalue weighted by atomic mass is 9.87. The van der Waals surface area contributed by atoms with E-state index in [2.05, 4.69) is 10.3 Å². The molecule has 1 fully saturated rings. The van der Waals surface area contributed by atoms with Crippen LogP contribution in [0.1, 0.15) is 29.1 Å². The molecule has 0 aliphatic carbocycles. The van der Waals surface area contributed by atoms with Gasteiger partial charge in [-0.3, -0.25) is 9.48 Å². The van der Waals surface area contributed by atoms with E-state index in [0.717, 1.165) is 11.3 Å². The Morgan fingerprint density at radius 3 is 2.63 bits per heavy atom. The molecule has 0 bridgehead atoms.